The molecule has 0 unspecified atom stereocenters. The largest absolute Gasteiger partial charge is 0.483 e. The van der Waals surface area contributed by atoms with E-state index in [1.165, 1.54) is 18.2 Å². The number of halogens is 2. The van der Waals surface area contributed by atoms with Crippen LogP contribution in [0.1, 0.15) is 19.3 Å². The van der Waals surface area contributed by atoms with Crippen LogP contribution in [0.5, 0.6) is 5.75 Å². The van der Waals surface area contributed by atoms with Crippen molar-refractivity contribution in [3.8, 4) is 5.75 Å². The standard InChI is InChI=1S/C13H17BrFNO3/c14-11-8-10(15)4-5-12(11)19-9-13(18)16-6-2-1-3-7-17/h4-5,8,17H,1-3,6-7,9H2,(H,16,18). The Kier molecular flexibility index (Phi) is 7.43. The van der Waals surface area contributed by atoms with Crippen molar-refractivity contribution in [3.63, 3.8) is 0 Å². The van der Waals surface area contributed by atoms with Gasteiger partial charge in [0, 0.05) is 13.2 Å². The lowest BCUT2D eigenvalue weighted by Gasteiger charge is -2.08. The van der Waals surface area contributed by atoms with Gasteiger partial charge in [0.25, 0.3) is 5.91 Å². The van der Waals surface area contributed by atoms with Gasteiger partial charge in [0.05, 0.1) is 4.47 Å². The number of unbranched alkanes of at least 4 members (excludes halogenated alkanes) is 2. The molecule has 0 spiro atoms. The van der Waals surface area contributed by atoms with Crippen LogP contribution in [-0.4, -0.2) is 30.8 Å². The molecule has 1 aromatic rings. The van der Waals surface area contributed by atoms with Crippen molar-refractivity contribution < 1.29 is 19.0 Å². The molecule has 19 heavy (non-hydrogen) atoms. The number of nitrogens with one attached hydrogen (secondary N) is 1. The van der Waals surface area contributed by atoms with Crippen molar-refractivity contribution in [2.45, 2.75) is 19.3 Å². The normalized spacial score (nSPS) is 10.3. The summed E-state index contributed by atoms with van der Waals surface area (Å²) in [6.45, 7) is 0.632. The van der Waals surface area contributed by atoms with Crippen LogP contribution in [0.4, 0.5) is 4.39 Å². The number of carbonyl (C=O) groups is 1. The van der Waals surface area contributed by atoms with Crippen LogP contribution in [0.25, 0.3) is 0 Å². The summed E-state index contributed by atoms with van der Waals surface area (Å²) in [6, 6.07) is 4.02. The van der Waals surface area contributed by atoms with Gasteiger partial charge in [-0.25, -0.2) is 4.39 Å². The molecule has 1 aromatic carbocycles. The molecule has 0 fully saturated rings. The van der Waals surface area contributed by atoms with Crippen LogP contribution >= 0.6 is 15.9 Å². The van der Waals surface area contributed by atoms with Crippen LogP contribution < -0.4 is 10.1 Å². The number of ether oxygens (including phenoxy) is 1. The second-order valence-corrected chi connectivity index (χ2v) is 4.85. The first-order valence-electron chi connectivity index (χ1n) is 6.09. The molecular weight excluding hydrogens is 317 g/mol. The Morgan fingerprint density at radius 3 is 2.84 bits per heavy atom. The van der Waals surface area contributed by atoms with E-state index in [2.05, 4.69) is 21.2 Å². The Bertz CT molecular complexity index is 415. The maximum absolute atomic E-state index is 12.8. The molecule has 0 aliphatic rings. The minimum absolute atomic E-state index is 0.107. The van der Waals surface area contributed by atoms with Crippen LogP contribution in [0, 0.1) is 5.82 Å². The van der Waals surface area contributed by atoms with Gasteiger partial charge in [-0.15, -0.1) is 0 Å². The number of aliphatic hydroxyl groups excluding tert-OH is 1. The molecule has 0 aliphatic heterocycles. The van der Waals surface area contributed by atoms with Gasteiger partial charge < -0.3 is 15.2 Å². The third kappa shape index (κ3) is 6.54. The highest BCUT2D eigenvalue weighted by molar-refractivity contribution is 9.10. The van der Waals surface area contributed by atoms with Gasteiger partial charge in [-0.1, -0.05) is 0 Å². The van der Waals surface area contributed by atoms with Gasteiger partial charge >= 0.3 is 0 Å². The minimum Gasteiger partial charge on any atom is -0.483 e. The summed E-state index contributed by atoms with van der Waals surface area (Å²) in [7, 11) is 0. The Balaban J connectivity index is 2.22. The van der Waals surface area contributed by atoms with Crippen molar-refractivity contribution in [2.75, 3.05) is 19.8 Å². The number of hydrogen-bond acceptors (Lipinski definition) is 3. The molecule has 1 amide bonds. The first-order chi connectivity index (χ1) is 9.13. The predicted molar refractivity (Wildman–Crippen MR) is 73.5 cm³/mol. The zero-order valence-electron chi connectivity index (χ0n) is 10.5. The summed E-state index contributed by atoms with van der Waals surface area (Å²) in [5, 5.41) is 11.3. The van der Waals surface area contributed by atoms with E-state index < -0.39 is 0 Å². The number of carbonyl (C=O) groups excluding carboxylic acids is 1. The smallest absolute Gasteiger partial charge is 0.257 e. The lowest BCUT2D eigenvalue weighted by molar-refractivity contribution is -0.123. The molecule has 0 heterocycles. The van der Waals surface area contributed by atoms with Crippen molar-refractivity contribution in [2.24, 2.45) is 0 Å². The van der Waals surface area contributed by atoms with Gasteiger partial charge in [0.1, 0.15) is 11.6 Å². The third-order valence-electron chi connectivity index (χ3n) is 2.41. The maximum atomic E-state index is 12.8. The second-order valence-electron chi connectivity index (χ2n) is 4.00. The quantitative estimate of drug-likeness (QED) is 0.717. The predicted octanol–water partition coefficient (Wildman–Crippen LogP) is 2.25. The molecule has 6 heteroatoms. The molecule has 0 radical (unpaired) electrons. The van der Waals surface area contributed by atoms with Crippen molar-refractivity contribution >= 4 is 21.8 Å². The Morgan fingerprint density at radius 2 is 2.16 bits per heavy atom. The molecular formula is C13H17BrFNO3. The van der Waals surface area contributed by atoms with Crippen LogP contribution in [0.2, 0.25) is 0 Å². The van der Waals surface area contributed by atoms with Gasteiger partial charge in [-0.2, -0.15) is 0 Å². The highest BCUT2D eigenvalue weighted by atomic mass is 79.9. The van der Waals surface area contributed by atoms with Gasteiger partial charge in [-0.05, 0) is 53.4 Å². The number of hydrogen-bond donors (Lipinski definition) is 2. The van der Waals surface area contributed by atoms with Gasteiger partial charge in [0.2, 0.25) is 0 Å². The van der Waals surface area contributed by atoms with Crippen LogP contribution in [0.15, 0.2) is 22.7 Å². The zero-order chi connectivity index (χ0) is 14.1. The SMILES string of the molecule is O=C(COc1ccc(F)cc1Br)NCCCCCO. The minimum atomic E-state index is -0.368. The first kappa shape index (κ1) is 15.9. The molecule has 0 saturated heterocycles. The average molecular weight is 334 g/mol. The van der Waals surface area contributed by atoms with Crippen LogP contribution in [0.3, 0.4) is 0 Å². The second kappa shape index (κ2) is 8.87. The third-order valence-corrected chi connectivity index (χ3v) is 3.03. The van der Waals surface area contributed by atoms with Gasteiger partial charge in [-0.3, -0.25) is 4.79 Å². The van der Waals surface area contributed by atoms with E-state index in [0.29, 0.717) is 16.8 Å². The molecule has 0 aliphatic carbocycles. The lowest BCUT2D eigenvalue weighted by Crippen LogP contribution is -2.29. The highest BCUT2D eigenvalue weighted by Crippen LogP contribution is 2.25. The number of aliphatic hydroxyl groups is 1. The fraction of sp³-hybridized carbons (Fsp3) is 0.462. The zero-order valence-corrected chi connectivity index (χ0v) is 12.1. The topological polar surface area (TPSA) is 58.6 Å². The monoisotopic (exact) mass is 333 g/mol. The summed E-state index contributed by atoms with van der Waals surface area (Å²) >= 11 is 3.16. The van der Waals surface area contributed by atoms with Crippen molar-refractivity contribution in [3.05, 3.63) is 28.5 Å². The number of benzene rings is 1. The van der Waals surface area contributed by atoms with E-state index in [1.807, 2.05) is 0 Å². The first-order valence-corrected chi connectivity index (χ1v) is 6.88. The van der Waals surface area contributed by atoms with Crippen molar-refractivity contribution in [1.82, 2.24) is 5.32 Å². The Hall–Kier alpha value is -1.14. The molecule has 106 valence electrons. The maximum Gasteiger partial charge on any atom is 0.257 e. The molecule has 0 aromatic heterocycles. The number of amides is 1. The van der Waals surface area contributed by atoms with E-state index in [-0.39, 0.29) is 24.9 Å². The molecule has 4 nitrogen and oxygen atoms in total. The fourth-order valence-corrected chi connectivity index (χ4v) is 1.89. The van der Waals surface area contributed by atoms with Crippen LogP contribution in [-0.2, 0) is 4.79 Å². The van der Waals surface area contributed by atoms with E-state index >= 15 is 0 Å². The van der Waals surface area contributed by atoms with E-state index in [4.69, 9.17) is 9.84 Å². The highest BCUT2D eigenvalue weighted by Gasteiger charge is 2.06. The summed E-state index contributed by atoms with van der Waals surface area (Å²) in [5.41, 5.74) is 0. The molecule has 0 saturated carbocycles. The summed E-state index contributed by atoms with van der Waals surface area (Å²) in [4.78, 5) is 11.5. The summed E-state index contributed by atoms with van der Waals surface area (Å²) < 4.78 is 18.6. The fourth-order valence-electron chi connectivity index (χ4n) is 1.43. The molecule has 0 bridgehead atoms. The Labute approximate surface area is 120 Å². The molecule has 2 N–H and O–H groups in total. The Morgan fingerprint density at radius 1 is 1.37 bits per heavy atom. The molecule has 1 rings (SSSR count). The lowest BCUT2D eigenvalue weighted by atomic mass is 10.2. The molecule has 0 atom stereocenters. The van der Waals surface area contributed by atoms with E-state index in [9.17, 15) is 9.18 Å². The number of rotatable bonds is 8. The van der Waals surface area contributed by atoms with Crippen molar-refractivity contribution in [1.29, 1.82) is 0 Å². The van der Waals surface area contributed by atoms with Gasteiger partial charge in [0.15, 0.2) is 6.61 Å². The average Bonchev–Trinajstić information content (AvgIpc) is 2.37. The van der Waals surface area contributed by atoms with E-state index in [1.54, 1.807) is 0 Å². The summed E-state index contributed by atoms with van der Waals surface area (Å²) in [6.07, 6.45) is 2.45. The van der Waals surface area contributed by atoms with E-state index in [0.717, 1.165) is 19.3 Å². The summed E-state index contributed by atoms with van der Waals surface area (Å²) in [5.74, 6) is -0.162.